The Labute approximate surface area is 118 Å². The van der Waals surface area contributed by atoms with Crippen molar-refractivity contribution in [3.63, 3.8) is 0 Å². The van der Waals surface area contributed by atoms with Crippen LogP contribution in [0.1, 0.15) is 18.6 Å². The Hall–Kier alpha value is -2.54. The van der Waals surface area contributed by atoms with Gasteiger partial charge in [0.15, 0.2) is 11.6 Å². The predicted octanol–water partition coefficient (Wildman–Crippen LogP) is 3.72. The lowest BCUT2D eigenvalue weighted by Crippen LogP contribution is -1.97. The Morgan fingerprint density at radius 3 is 2.33 bits per heavy atom. The summed E-state index contributed by atoms with van der Waals surface area (Å²) in [5.74, 6) is -2.46. The Morgan fingerprint density at radius 1 is 1.19 bits per heavy atom. The van der Waals surface area contributed by atoms with Gasteiger partial charge in [-0.15, -0.1) is 0 Å². The van der Waals surface area contributed by atoms with Crippen LogP contribution in [-0.2, 0) is 0 Å². The summed E-state index contributed by atoms with van der Waals surface area (Å²) in [6, 6.07) is 7.17. The normalized spacial score (nSPS) is 12.0. The molecule has 21 heavy (non-hydrogen) atoms. The minimum atomic E-state index is -1.18. The fourth-order valence-corrected chi connectivity index (χ4v) is 1.68. The molecule has 1 N–H and O–H groups in total. The standard InChI is InChI=1S/C14H11F2NO4/c1-8(18)9-2-4-10(5-3-9)21-14-7-11(15)13(17(19)20)6-12(14)16/h2-8,18H,1H3/t8-/m0/s1. The van der Waals surface area contributed by atoms with Gasteiger partial charge in [-0.25, -0.2) is 4.39 Å². The molecule has 1 atom stereocenters. The first kappa shape index (κ1) is 14.9. The largest absolute Gasteiger partial charge is 0.454 e. The number of halogens is 2. The van der Waals surface area contributed by atoms with E-state index in [2.05, 4.69) is 0 Å². The maximum absolute atomic E-state index is 13.6. The molecule has 0 radical (unpaired) electrons. The van der Waals surface area contributed by atoms with E-state index in [1.54, 1.807) is 19.1 Å². The first-order chi connectivity index (χ1) is 9.88. The number of nitro groups is 1. The number of nitro benzene ring substituents is 1. The number of hydrogen-bond acceptors (Lipinski definition) is 4. The third-order valence-corrected chi connectivity index (χ3v) is 2.79. The molecular formula is C14H11F2NO4. The number of benzene rings is 2. The zero-order valence-electron chi connectivity index (χ0n) is 10.9. The van der Waals surface area contributed by atoms with Crippen molar-refractivity contribution in [2.75, 3.05) is 0 Å². The molecule has 110 valence electrons. The van der Waals surface area contributed by atoms with Crippen molar-refractivity contribution >= 4 is 5.69 Å². The Bertz CT molecular complexity index is 671. The summed E-state index contributed by atoms with van der Waals surface area (Å²) in [6.07, 6.45) is -0.660. The van der Waals surface area contributed by atoms with Crippen LogP contribution in [0.4, 0.5) is 14.5 Å². The second kappa shape index (κ2) is 5.84. The number of aliphatic hydroxyl groups is 1. The monoisotopic (exact) mass is 295 g/mol. The summed E-state index contributed by atoms with van der Waals surface area (Å²) in [4.78, 5) is 9.47. The topological polar surface area (TPSA) is 72.6 Å². The number of ether oxygens (including phenoxy) is 1. The lowest BCUT2D eigenvalue weighted by molar-refractivity contribution is -0.387. The summed E-state index contributed by atoms with van der Waals surface area (Å²) in [5, 5.41) is 19.8. The van der Waals surface area contributed by atoms with Crippen LogP contribution in [0.15, 0.2) is 36.4 Å². The summed E-state index contributed by atoms with van der Waals surface area (Å²) < 4.78 is 32.2. The molecule has 0 aliphatic rings. The van der Waals surface area contributed by atoms with Crippen LogP contribution in [0, 0.1) is 21.7 Å². The van der Waals surface area contributed by atoms with Gasteiger partial charge in [0.1, 0.15) is 5.75 Å². The highest BCUT2D eigenvalue weighted by Crippen LogP contribution is 2.30. The summed E-state index contributed by atoms with van der Waals surface area (Å²) in [6.45, 7) is 1.58. The lowest BCUT2D eigenvalue weighted by atomic mass is 10.1. The summed E-state index contributed by atoms with van der Waals surface area (Å²) in [7, 11) is 0. The third-order valence-electron chi connectivity index (χ3n) is 2.79. The molecule has 0 unspecified atom stereocenters. The second-order valence-corrected chi connectivity index (χ2v) is 4.34. The molecule has 0 saturated heterocycles. The average Bonchev–Trinajstić information content (AvgIpc) is 2.42. The number of nitrogens with zero attached hydrogens (tertiary/aromatic N) is 1. The zero-order valence-corrected chi connectivity index (χ0v) is 10.9. The van der Waals surface area contributed by atoms with Crippen molar-refractivity contribution in [3.8, 4) is 11.5 Å². The van der Waals surface area contributed by atoms with E-state index in [0.29, 0.717) is 17.7 Å². The van der Waals surface area contributed by atoms with Crippen molar-refractivity contribution in [1.82, 2.24) is 0 Å². The minimum Gasteiger partial charge on any atom is -0.454 e. The highest BCUT2D eigenvalue weighted by molar-refractivity contribution is 5.41. The molecular weight excluding hydrogens is 284 g/mol. The molecule has 2 rings (SSSR count). The molecule has 0 fully saturated rings. The molecule has 2 aromatic rings. The van der Waals surface area contributed by atoms with Crippen molar-refractivity contribution in [1.29, 1.82) is 0 Å². The van der Waals surface area contributed by atoms with Crippen LogP contribution in [-0.4, -0.2) is 10.0 Å². The van der Waals surface area contributed by atoms with Gasteiger partial charge in [-0.3, -0.25) is 10.1 Å². The van der Waals surface area contributed by atoms with Crippen LogP contribution in [0.5, 0.6) is 11.5 Å². The van der Waals surface area contributed by atoms with Crippen LogP contribution >= 0.6 is 0 Å². The van der Waals surface area contributed by atoms with E-state index in [9.17, 15) is 24.0 Å². The van der Waals surface area contributed by atoms with Crippen LogP contribution in [0.3, 0.4) is 0 Å². The molecule has 5 nitrogen and oxygen atoms in total. The highest BCUT2D eigenvalue weighted by Gasteiger charge is 2.19. The van der Waals surface area contributed by atoms with Crippen molar-refractivity contribution in [3.05, 3.63) is 63.7 Å². The number of aliphatic hydroxyl groups excluding tert-OH is 1. The molecule has 0 bridgehead atoms. The van der Waals surface area contributed by atoms with E-state index in [0.717, 1.165) is 0 Å². The molecule has 0 saturated carbocycles. The van der Waals surface area contributed by atoms with Gasteiger partial charge in [0.2, 0.25) is 5.82 Å². The van der Waals surface area contributed by atoms with E-state index < -0.39 is 34.1 Å². The molecule has 0 aliphatic carbocycles. The average molecular weight is 295 g/mol. The zero-order chi connectivity index (χ0) is 15.6. The van der Waals surface area contributed by atoms with Crippen LogP contribution in [0.25, 0.3) is 0 Å². The second-order valence-electron chi connectivity index (χ2n) is 4.34. The number of rotatable bonds is 4. The Morgan fingerprint density at radius 2 is 1.81 bits per heavy atom. The molecule has 7 heteroatoms. The first-order valence-corrected chi connectivity index (χ1v) is 5.98. The molecule has 0 aromatic heterocycles. The Balaban J connectivity index is 2.27. The van der Waals surface area contributed by atoms with Gasteiger partial charge in [0, 0.05) is 6.07 Å². The van der Waals surface area contributed by atoms with Crippen LogP contribution < -0.4 is 4.74 Å². The maximum atomic E-state index is 13.6. The molecule has 0 aliphatic heterocycles. The smallest absolute Gasteiger partial charge is 0.307 e. The van der Waals surface area contributed by atoms with Crippen molar-refractivity contribution in [2.24, 2.45) is 0 Å². The van der Waals surface area contributed by atoms with Gasteiger partial charge >= 0.3 is 5.69 Å². The fourth-order valence-electron chi connectivity index (χ4n) is 1.68. The molecule has 2 aromatic carbocycles. The fraction of sp³-hybridized carbons (Fsp3) is 0.143. The SMILES string of the molecule is C[C@H](O)c1ccc(Oc2cc(F)c([N+](=O)[O-])cc2F)cc1. The van der Waals surface area contributed by atoms with Crippen molar-refractivity contribution < 1.29 is 23.5 Å². The van der Waals surface area contributed by atoms with Crippen LogP contribution in [0.2, 0.25) is 0 Å². The van der Waals surface area contributed by atoms with E-state index in [1.165, 1.54) is 12.1 Å². The quantitative estimate of drug-likeness (QED) is 0.689. The molecule has 0 amide bonds. The van der Waals surface area contributed by atoms with E-state index in [4.69, 9.17) is 4.74 Å². The lowest BCUT2D eigenvalue weighted by Gasteiger charge is -2.09. The summed E-state index contributed by atoms with van der Waals surface area (Å²) in [5.41, 5.74) is -0.318. The molecule has 0 heterocycles. The highest BCUT2D eigenvalue weighted by atomic mass is 19.1. The van der Waals surface area contributed by atoms with Gasteiger partial charge in [0.05, 0.1) is 17.1 Å². The van der Waals surface area contributed by atoms with Crippen molar-refractivity contribution in [2.45, 2.75) is 13.0 Å². The van der Waals surface area contributed by atoms with Gasteiger partial charge in [-0.2, -0.15) is 4.39 Å². The maximum Gasteiger partial charge on any atom is 0.307 e. The van der Waals surface area contributed by atoms with E-state index >= 15 is 0 Å². The Kier molecular flexibility index (Phi) is 4.13. The molecule has 0 spiro atoms. The van der Waals surface area contributed by atoms with E-state index in [-0.39, 0.29) is 5.75 Å². The third kappa shape index (κ3) is 3.32. The predicted molar refractivity (Wildman–Crippen MR) is 70.2 cm³/mol. The van der Waals surface area contributed by atoms with Gasteiger partial charge in [-0.1, -0.05) is 12.1 Å². The van der Waals surface area contributed by atoms with Gasteiger partial charge in [-0.05, 0) is 24.6 Å². The van der Waals surface area contributed by atoms with Gasteiger partial charge in [0.25, 0.3) is 0 Å². The van der Waals surface area contributed by atoms with Gasteiger partial charge < -0.3 is 9.84 Å². The van der Waals surface area contributed by atoms with E-state index in [1.807, 2.05) is 0 Å². The minimum absolute atomic E-state index is 0.214. The number of hydrogen-bond donors (Lipinski definition) is 1. The summed E-state index contributed by atoms with van der Waals surface area (Å²) >= 11 is 0. The first-order valence-electron chi connectivity index (χ1n) is 5.98.